The number of nitrogens with one attached hydrogen (secondary N) is 1. The van der Waals surface area contributed by atoms with Crippen LogP contribution in [0.4, 0.5) is 0 Å². The van der Waals surface area contributed by atoms with Crippen LogP contribution in [0.3, 0.4) is 0 Å². The Labute approximate surface area is 101 Å². The summed E-state index contributed by atoms with van der Waals surface area (Å²) in [5.74, 6) is 0.723. The van der Waals surface area contributed by atoms with Crippen molar-refractivity contribution in [2.24, 2.45) is 0 Å². The molecule has 1 N–H and O–H groups in total. The summed E-state index contributed by atoms with van der Waals surface area (Å²) in [4.78, 5) is 12.8. The quantitative estimate of drug-likeness (QED) is 0.870. The van der Waals surface area contributed by atoms with Gasteiger partial charge >= 0.3 is 0 Å². The van der Waals surface area contributed by atoms with E-state index >= 15 is 0 Å². The molecule has 0 spiro atoms. The first-order chi connectivity index (χ1) is 8.25. The molecule has 0 saturated heterocycles. The number of nitrogens with zero attached hydrogens (tertiary/aromatic N) is 3. The Bertz CT molecular complexity index is 468. The third-order valence-corrected chi connectivity index (χ3v) is 2.32. The number of aromatic nitrogens is 3. The molecule has 0 aliphatic rings. The Morgan fingerprint density at radius 1 is 1.24 bits per heavy atom. The lowest BCUT2D eigenvalue weighted by Crippen LogP contribution is -2.22. The van der Waals surface area contributed by atoms with Gasteiger partial charge in [-0.3, -0.25) is 4.98 Å². The summed E-state index contributed by atoms with van der Waals surface area (Å²) in [5.41, 5.74) is 1.94. The summed E-state index contributed by atoms with van der Waals surface area (Å²) in [7, 11) is 0. The predicted molar refractivity (Wildman–Crippen MR) is 67.2 cm³/mol. The van der Waals surface area contributed by atoms with E-state index in [1.807, 2.05) is 18.2 Å². The molecular formula is C13H16N4. The maximum Gasteiger partial charge on any atom is 0.160 e. The highest BCUT2D eigenvalue weighted by Gasteiger charge is 2.02. The van der Waals surface area contributed by atoms with Crippen molar-refractivity contribution in [3.05, 3.63) is 42.5 Å². The zero-order valence-corrected chi connectivity index (χ0v) is 10.1. The third-order valence-electron chi connectivity index (χ3n) is 2.32. The van der Waals surface area contributed by atoms with Gasteiger partial charge in [-0.05, 0) is 18.2 Å². The zero-order chi connectivity index (χ0) is 12.1. The van der Waals surface area contributed by atoms with Crippen LogP contribution in [0.5, 0.6) is 0 Å². The molecule has 0 amide bonds. The average molecular weight is 228 g/mol. The van der Waals surface area contributed by atoms with E-state index in [1.54, 1.807) is 18.6 Å². The van der Waals surface area contributed by atoms with Gasteiger partial charge in [-0.1, -0.05) is 13.8 Å². The minimum absolute atomic E-state index is 0.451. The molecule has 0 atom stereocenters. The molecule has 2 aromatic heterocycles. The van der Waals surface area contributed by atoms with Crippen LogP contribution in [-0.2, 0) is 6.54 Å². The van der Waals surface area contributed by atoms with Crippen molar-refractivity contribution < 1.29 is 0 Å². The van der Waals surface area contributed by atoms with Crippen LogP contribution >= 0.6 is 0 Å². The van der Waals surface area contributed by atoms with Crippen LogP contribution in [0.15, 0.2) is 36.8 Å². The smallest absolute Gasteiger partial charge is 0.160 e. The molecule has 0 radical (unpaired) electrons. The highest BCUT2D eigenvalue weighted by molar-refractivity contribution is 5.52. The Kier molecular flexibility index (Phi) is 3.77. The fourth-order valence-corrected chi connectivity index (χ4v) is 1.44. The number of pyridine rings is 1. The minimum atomic E-state index is 0.451. The van der Waals surface area contributed by atoms with Gasteiger partial charge in [0.25, 0.3) is 0 Å². The standard InChI is InChI=1S/C13H16N4/c1-10(2)16-9-12-5-7-15-13(17-12)11-4-3-6-14-8-11/h3-8,10,16H,9H2,1-2H3. The molecule has 4 heteroatoms. The van der Waals surface area contributed by atoms with Gasteiger partial charge in [-0.2, -0.15) is 0 Å². The lowest BCUT2D eigenvalue weighted by Gasteiger charge is -2.08. The predicted octanol–water partition coefficient (Wildman–Crippen LogP) is 2.04. The molecule has 2 heterocycles. The van der Waals surface area contributed by atoms with E-state index in [-0.39, 0.29) is 0 Å². The Hall–Kier alpha value is -1.81. The first-order valence-electron chi connectivity index (χ1n) is 5.71. The summed E-state index contributed by atoms with van der Waals surface area (Å²) >= 11 is 0. The molecule has 0 saturated carbocycles. The largest absolute Gasteiger partial charge is 0.309 e. The fraction of sp³-hybridized carbons (Fsp3) is 0.308. The Morgan fingerprint density at radius 2 is 2.12 bits per heavy atom. The second-order valence-corrected chi connectivity index (χ2v) is 4.15. The van der Waals surface area contributed by atoms with Gasteiger partial charge in [0.15, 0.2) is 5.82 Å². The molecule has 0 aliphatic heterocycles. The molecule has 88 valence electrons. The molecule has 4 nitrogen and oxygen atoms in total. The maximum atomic E-state index is 4.50. The van der Waals surface area contributed by atoms with E-state index in [1.165, 1.54) is 0 Å². The highest BCUT2D eigenvalue weighted by Crippen LogP contribution is 2.12. The lowest BCUT2D eigenvalue weighted by atomic mass is 10.2. The first-order valence-corrected chi connectivity index (χ1v) is 5.71. The normalized spacial score (nSPS) is 10.8. The molecular weight excluding hydrogens is 212 g/mol. The van der Waals surface area contributed by atoms with Crippen LogP contribution in [0, 0.1) is 0 Å². The number of rotatable bonds is 4. The number of hydrogen-bond acceptors (Lipinski definition) is 4. The van der Waals surface area contributed by atoms with E-state index in [0.29, 0.717) is 6.04 Å². The van der Waals surface area contributed by atoms with E-state index < -0.39 is 0 Å². The van der Waals surface area contributed by atoms with E-state index in [2.05, 4.69) is 34.1 Å². The second-order valence-electron chi connectivity index (χ2n) is 4.15. The van der Waals surface area contributed by atoms with Gasteiger partial charge in [0, 0.05) is 36.7 Å². The third kappa shape index (κ3) is 3.32. The molecule has 2 rings (SSSR count). The van der Waals surface area contributed by atoms with Gasteiger partial charge in [0.05, 0.1) is 5.69 Å². The molecule has 17 heavy (non-hydrogen) atoms. The summed E-state index contributed by atoms with van der Waals surface area (Å²) in [5, 5.41) is 3.33. The van der Waals surface area contributed by atoms with Crippen LogP contribution < -0.4 is 5.32 Å². The Balaban J connectivity index is 2.17. The first kappa shape index (κ1) is 11.7. The monoisotopic (exact) mass is 228 g/mol. The summed E-state index contributed by atoms with van der Waals surface area (Å²) in [6, 6.07) is 6.22. The molecule has 0 aromatic carbocycles. The van der Waals surface area contributed by atoms with Gasteiger partial charge in [0.2, 0.25) is 0 Å². The topological polar surface area (TPSA) is 50.7 Å². The van der Waals surface area contributed by atoms with E-state index in [4.69, 9.17) is 0 Å². The maximum absolute atomic E-state index is 4.50. The number of hydrogen-bond donors (Lipinski definition) is 1. The lowest BCUT2D eigenvalue weighted by molar-refractivity contribution is 0.581. The fourth-order valence-electron chi connectivity index (χ4n) is 1.44. The molecule has 2 aromatic rings. The van der Waals surface area contributed by atoms with Crippen LogP contribution in [0.1, 0.15) is 19.5 Å². The summed E-state index contributed by atoms with van der Waals surface area (Å²) in [6.07, 6.45) is 5.30. The van der Waals surface area contributed by atoms with Crippen LogP contribution in [0.25, 0.3) is 11.4 Å². The van der Waals surface area contributed by atoms with Gasteiger partial charge < -0.3 is 5.32 Å². The van der Waals surface area contributed by atoms with Crippen LogP contribution in [-0.4, -0.2) is 21.0 Å². The second kappa shape index (κ2) is 5.50. The van der Waals surface area contributed by atoms with Crippen molar-refractivity contribution in [3.63, 3.8) is 0 Å². The summed E-state index contributed by atoms with van der Waals surface area (Å²) < 4.78 is 0. The Morgan fingerprint density at radius 3 is 2.82 bits per heavy atom. The SMILES string of the molecule is CC(C)NCc1ccnc(-c2cccnc2)n1. The van der Waals surface area contributed by atoms with Crippen molar-refractivity contribution in [1.29, 1.82) is 0 Å². The molecule has 0 aliphatic carbocycles. The minimum Gasteiger partial charge on any atom is -0.309 e. The molecule has 0 unspecified atom stereocenters. The average Bonchev–Trinajstić information content (AvgIpc) is 2.38. The molecule has 0 bridgehead atoms. The molecule has 0 fully saturated rings. The van der Waals surface area contributed by atoms with Gasteiger partial charge in [-0.15, -0.1) is 0 Å². The van der Waals surface area contributed by atoms with E-state index in [9.17, 15) is 0 Å². The van der Waals surface area contributed by atoms with Crippen molar-refractivity contribution in [2.75, 3.05) is 0 Å². The van der Waals surface area contributed by atoms with Crippen molar-refractivity contribution >= 4 is 0 Å². The van der Waals surface area contributed by atoms with Crippen LogP contribution in [0.2, 0.25) is 0 Å². The zero-order valence-electron chi connectivity index (χ0n) is 10.1. The van der Waals surface area contributed by atoms with Crippen molar-refractivity contribution in [2.45, 2.75) is 26.4 Å². The van der Waals surface area contributed by atoms with Gasteiger partial charge in [-0.25, -0.2) is 9.97 Å². The van der Waals surface area contributed by atoms with Crippen molar-refractivity contribution in [1.82, 2.24) is 20.3 Å². The van der Waals surface area contributed by atoms with Gasteiger partial charge in [0.1, 0.15) is 0 Å². The van der Waals surface area contributed by atoms with E-state index in [0.717, 1.165) is 23.6 Å². The highest BCUT2D eigenvalue weighted by atomic mass is 14.9. The van der Waals surface area contributed by atoms with Crippen molar-refractivity contribution in [3.8, 4) is 11.4 Å². The summed E-state index contributed by atoms with van der Waals surface area (Å²) in [6.45, 7) is 4.99.